The molecule has 0 spiro atoms. The van der Waals surface area contributed by atoms with Crippen molar-refractivity contribution < 1.29 is 9.47 Å². The zero-order valence-corrected chi connectivity index (χ0v) is 10.6. The van der Waals surface area contributed by atoms with E-state index in [0.717, 1.165) is 12.1 Å². The fourth-order valence-electron chi connectivity index (χ4n) is 1.64. The van der Waals surface area contributed by atoms with Crippen LogP contribution in [0.1, 0.15) is 31.9 Å². The molecular formula is C12H17N3O2. The predicted octanol–water partition coefficient (Wildman–Crippen LogP) is 2.26. The average Bonchev–Trinajstić information content (AvgIpc) is 2.80. The van der Waals surface area contributed by atoms with Crippen LogP contribution in [0.3, 0.4) is 0 Å². The third kappa shape index (κ3) is 2.05. The monoisotopic (exact) mass is 235 g/mol. The standard InChI is InChI=1S/C12H17N3O2/c1-5-8(2)9-7-15-11(17-4)6-10(16-3)14-12(15)13-9/h6-8H,5H2,1-4H3. The summed E-state index contributed by atoms with van der Waals surface area (Å²) in [5, 5.41) is 0. The molecule has 0 bridgehead atoms. The number of nitrogens with zero attached hydrogens (tertiary/aromatic N) is 3. The van der Waals surface area contributed by atoms with Gasteiger partial charge in [-0.25, -0.2) is 4.98 Å². The molecule has 2 rings (SSSR count). The Hall–Kier alpha value is -1.78. The van der Waals surface area contributed by atoms with Crippen LogP contribution in [0.2, 0.25) is 0 Å². The molecule has 0 saturated heterocycles. The summed E-state index contributed by atoms with van der Waals surface area (Å²) in [6.07, 6.45) is 3.01. The van der Waals surface area contributed by atoms with Crippen molar-refractivity contribution in [2.75, 3.05) is 14.2 Å². The Balaban J connectivity index is 2.58. The maximum Gasteiger partial charge on any atom is 0.240 e. The minimum absolute atomic E-state index is 0.410. The summed E-state index contributed by atoms with van der Waals surface area (Å²) < 4.78 is 12.3. The van der Waals surface area contributed by atoms with Crippen molar-refractivity contribution in [1.29, 1.82) is 0 Å². The van der Waals surface area contributed by atoms with Gasteiger partial charge >= 0.3 is 0 Å². The summed E-state index contributed by atoms with van der Waals surface area (Å²) in [5.74, 6) is 2.20. The van der Waals surface area contributed by atoms with Gasteiger partial charge in [0.15, 0.2) is 0 Å². The van der Waals surface area contributed by atoms with Crippen molar-refractivity contribution in [3.05, 3.63) is 18.0 Å². The highest BCUT2D eigenvalue weighted by atomic mass is 16.5. The lowest BCUT2D eigenvalue weighted by molar-refractivity contribution is 0.369. The number of rotatable bonds is 4. The summed E-state index contributed by atoms with van der Waals surface area (Å²) in [4.78, 5) is 8.78. The molecule has 0 radical (unpaired) electrons. The number of ether oxygens (including phenoxy) is 2. The minimum Gasteiger partial charge on any atom is -0.482 e. The van der Waals surface area contributed by atoms with Gasteiger partial charge in [0.05, 0.1) is 26.0 Å². The Labute approximate surface area is 100 Å². The van der Waals surface area contributed by atoms with Crippen LogP contribution < -0.4 is 9.47 Å². The van der Waals surface area contributed by atoms with Crippen LogP contribution in [0.4, 0.5) is 0 Å². The van der Waals surface area contributed by atoms with E-state index in [4.69, 9.17) is 9.47 Å². The van der Waals surface area contributed by atoms with Crippen molar-refractivity contribution in [1.82, 2.24) is 14.4 Å². The third-order valence-electron chi connectivity index (χ3n) is 2.94. The Kier molecular flexibility index (Phi) is 3.17. The average molecular weight is 235 g/mol. The van der Waals surface area contributed by atoms with E-state index in [9.17, 15) is 0 Å². The van der Waals surface area contributed by atoms with Gasteiger partial charge in [0.2, 0.25) is 17.5 Å². The molecule has 0 N–H and O–H groups in total. The lowest BCUT2D eigenvalue weighted by atomic mass is 10.1. The fraction of sp³-hybridized carbons (Fsp3) is 0.500. The van der Waals surface area contributed by atoms with Gasteiger partial charge in [0, 0.05) is 6.20 Å². The molecule has 5 heteroatoms. The number of imidazole rings is 1. The Bertz CT molecular complexity index is 522. The SMILES string of the molecule is CCC(C)c1cn2c(OC)cc(OC)nc2n1. The second-order valence-corrected chi connectivity index (χ2v) is 3.99. The number of hydrogen-bond acceptors (Lipinski definition) is 4. The molecule has 2 aromatic rings. The molecule has 17 heavy (non-hydrogen) atoms. The van der Waals surface area contributed by atoms with Crippen LogP contribution in [0.15, 0.2) is 12.3 Å². The van der Waals surface area contributed by atoms with E-state index < -0.39 is 0 Å². The lowest BCUT2D eigenvalue weighted by Crippen LogP contribution is -1.97. The van der Waals surface area contributed by atoms with Crippen molar-refractivity contribution in [3.8, 4) is 11.8 Å². The highest BCUT2D eigenvalue weighted by Crippen LogP contribution is 2.23. The molecule has 2 heterocycles. The first-order chi connectivity index (χ1) is 8.19. The predicted molar refractivity (Wildman–Crippen MR) is 64.8 cm³/mol. The second kappa shape index (κ2) is 4.61. The van der Waals surface area contributed by atoms with Gasteiger partial charge in [-0.3, -0.25) is 4.40 Å². The normalized spacial score (nSPS) is 12.7. The Morgan fingerprint density at radius 3 is 2.65 bits per heavy atom. The van der Waals surface area contributed by atoms with Crippen LogP contribution >= 0.6 is 0 Å². The second-order valence-electron chi connectivity index (χ2n) is 3.99. The van der Waals surface area contributed by atoms with Crippen molar-refractivity contribution in [2.24, 2.45) is 0 Å². The van der Waals surface area contributed by atoms with E-state index in [1.165, 1.54) is 0 Å². The first kappa shape index (κ1) is 11.7. The summed E-state index contributed by atoms with van der Waals surface area (Å²) in [6, 6.07) is 1.75. The van der Waals surface area contributed by atoms with E-state index in [-0.39, 0.29) is 0 Å². The maximum absolute atomic E-state index is 5.30. The van der Waals surface area contributed by atoms with Crippen LogP contribution in [-0.2, 0) is 0 Å². The van der Waals surface area contributed by atoms with Crippen LogP contribution in [0, 0.1) is 0 Å². The molecule has 0 aliphatic rings. The molecule has 0 aliphatic heterocycles. The summed E-state index contributed by atoms with van der Waals surface area (Å²) >= 11 is 0. The number of aromatic nitrogens is 3. The first-order valence-electron chi connectivity index (χ1n) is 5.67. The molecule has 0 aliphatic carbocycles. The van der Waals surface area contributed by atoms with Crippen molar-refractivity contribution in [3.63, 3.8) is 0 Å². The summed E-state index contributed by atoms with van der Waals surface area (Å²) in [7, 11) is 3.20. The fourth-order valence-corrected chi connectivity index (χ4v) is 1.64. The molecule has 5 nitrogen and oxygen atoms in total. The van der Waals surface area contributed by atoms with Crippen molar-refractivity contribution in [2.45, 2.75) is 26.2 Å². The molecule has 1 atom stereocenters. The van der Waals surface area contributed by atoms with E-state index in [1.807, 2.05) is 10.6 Å². The minimum atomic E-state index is 0.410. The van der Waals surface area contributed by atoms with Gasteiger partial charge in [-0.2, -0.15) is 4.98 Å². The zero-order chi connectivity index (χ0) is 12.4. The van der Waals surface area contributed by atoms with Crippen LogP contribution in [-0.4, -0.2) is 28.6 Å². The maximum atomic E-state index is 5.30. The molecule has 0 aromatic carbocycles. The van der Waals surface area contributed by atoms with Gasteiger partial charge in [-0.15, -0.1) is 0 Å². The largest absolute Gasteiger partial charge is 0.482 e. The van der Waals surface area contributed by atoms with Gasteiger partial charge in [-0.1, -0.05) is 13.8 Å². The van der Waals surface area contributed by atoms with E-state index in [2.05, 4.69) is 23.8 Å². The van der Waals surface area contributed by atoms with Gasteiger partial charge in [0.25, 0.3) is 0 Å². The molecule has 2 aromatic heterocycles. The number of fused-ring (bicyclic) bond motifs is 1. The molecule has 1 unspecified atom stereocenters. The molecular weight excluding hydrogens is 218 g/mol. The highest BCUT2D eigenvalue weighted by molar-refractivity contribution is 5.40. The van der Waals surface area contributed by atoms with Crippen LogP contribution in [0.25, 0.3) is 5.78 Å². The zero-order valence-electron chi connectivity index (χ0n) is 10.6. The van der Waals surface area contributed by atoms with E-state index >= 15 is 0 Å². The first-order valence-corrected chi connectivity index (χ1v) is 5.67. The third-order valence-corrected chi connectivity index (χ3v) is 2.94. The molecule has 0 fully saturated rings. The molecule has 0 amide bonds. The molecule has 0 saturated carbocycles. The number of hydrogen-bond donors (Lipinski definition) is 0. The van der Waals surface area contributed by atoms with E-state index in [1.54, 1.807) is 20.3 Å². The molecule has 92 valence electrons. The highest BCUT2D eigenvalue weighted by Gasteiger charge is 2.13. The Morgan fingerprint density at radius 2 is 2.06 bits per heavy atom. The lowest BCUT2D eigenvalue weighted by Gasteiger charge is -2.05. The topological polar surface area (TPSA) is 48.7 Å². The summed E-state index contributed by atoms with van der Waals surface area (Å²) in [6.45, 7) is 4.28. The number of methoxy groups -OCH3 is 2. The van der Waals surface area contributed by atoms with Gasteiger partial charge < -0.3 is 9.47 Å². The quantitative estimate of drug-likeness (QED) is 0.815. The summed E-state index contributed by atoms with van der Waals surface area (Å²) in [5.41, 5.74) is 1.02. The van der Waals surface area contributed by atoms with Crippen molar-refractivity contribution >= 4 is 5.78 Å². The van der Waals surface area contributed by atoms with Crippen LogP contribution in [0.5, 0.6) is 11.8 Å². The Morgan fingerprint density at radius 1 is 1.29 bits per heavy atom. The van der Waals surface area contributed by atoms with Gasteiger partial charge in [0.1, 0.15) is 0 Å². The van der Waals surface area contributed by atoms with Gasteiger partial charge in [-0.05, 0) is 12.3 Å². The van der Waals surface area contributed by atoms with E-state index in [0.29, 0.717) is 23.5 Å². The smallest absolute Gasteiger partial charge is 0.240 e.